The molecule has 1 aromatic carbocycles. The Morgan fingerprint density at radius 3 is 2.18 bits per heavy atom. The van der Waals surface area contributed by atoms with Gasteiger partial charge in [0.25, 0.3) is 0 Å². The highest BCUT2D eigenvalue weighted by atomic mass is 16.3. The van der Waals surface area contributed by atoms with Crippen molar-refractivity contribution in [1.82, 2.24) is 0 Å². The van der Waals surface area contributed by atoms with Crippen molar-refractivity contribution in [2.75, 3.05) is 0 Å². The maximum Gasteiger partial charge on any atom is 0.136 e. The summed E-state index contributed by atoms with van der Waals surface area (Å²) in [5.74, 6) is 3.77. The predicted octanol–water partition coefficient (Wildman–Crippen LogP) is 9.63. The summed E-state index contributed by atoms with van der Waals surface area (Å²) in [6.07, 6.45) is 13.4. The minimum atomic E-state index is -0.104. The summed E-state index contributed by atoms with van der Waals surface area (Å²) >= 11 is 0. The fraction of sp³-hybridized carbons (Fsp3) is 0.703. The van der Waals surface area contributed by atoms with Gasteiger partial charge in [-0.25, -0.2) is 0 Å². The quantitative estimate of drug-likeness (QED) is 0.397. The van der Waals surface area contributed by atoms with Crippen LogP contribution in [0.1, 0.15) is 112 Å². The number of allylic oxidation sites excluding steroid dienone is 3. The van der Waals surface area contributed by atoms with Gasteiger partial charge in [0.1, 0.15) is 11.5 Å². The maximum atomic E-state index is 13.3. The summed E-state index contributed by atoms with van der Waals surface area (Å²) in [6, 6.07) is 7.89. The molecule has 1 aromatic rings. The third-order valence-corrected chi connectivity index (χ3v) is 14.5. The maximum absolute atomic E-state index is 13.3. The van der Waals surface area contributed by atoms with Gasteiger partial charge in [0.15, 0.2) is 0 Å². The summed E-state index contributed by atoms with van der Waals surface area (Å²) in [5, 5.41) is 9.90. The van der Waals surface area contributed by atoms with Gasteiger partial charge in [-0.1, -0.05) is 65.0 Å². The number of rotatable bonds is 3. The van der Waals surface area contributed by atoms with Crippen LogP contribution in [0.15, 0.2) is 42.5 Å². The smallest absolute Gasteiger partial charge is 0.136 e. The van der Waals surface area contributed by atoms with E-state index in [1.807, 2.05) is 19.1 Å². The van der Waals surface area contributed by atoms with Crippen LogP contribution < -0.4 is 0 Å². The van der Waals surface area contributed by atoms with Gasteiger partial charge in [-0.15, -0.1) is 0 Å². The number of phenols is 1. The highest BCUT2D eigenvalue weighted by Gasteiger charge is 2.71. The SMILES string of the molecule is C=C(C)[C@@H]1CC[C@]2(C(C)=O)CC[C@]3(C)[C@H](CC[C@@H]4[C@@]5(C)CC=C(c6ccc(O)cc6)C(C)(C)[C@@H]5CC[C@]43C)[C@@H]12. The van der Waals surface area contributed by atoms with E-state index in [0.717, 1.165) is 25.7 Å². The molecule has 6 rings (SSSR count). The van der Waals surface area contributed by atoms with Crippen molar-refractivity contribution in [2.24, 2.45) is 56.7 Å². The molecule has 0 bridgehead atoms. The number of hydrogen-bond acceptors (Lipinski definition) is 2. The summed E-state index contributed by atoms with van der Waals surface area (Å²) in [6.45, 7) is 21.6. The molecule has 0 aromatic heterocycles. The average Bonchev–Trinajstić information content (AvgIpc) is 3.27. The normalized spacial score (nSPS) is 46.2. The summed E-state index contributed by atoms with van der Waals surface area (Å²) < 4.78 is 0. The fourth-order valence-electron chi connectivity index (χ4n) is 12.5. The number of hydrogen-bond donors (Lipinski definition) is 1. The lowest BCUT2D eigenvalue weighted by Gasteiger charge is -2.72. The topological polar surface area (TPSA) is 37.3 Å². The Hall–Kier alpha value is -1.83. The summed E-state index contributed by atoms with van der Waals surface area (Å²) in [5.41, 5.74) is 4.89. The first-order valence-electron chi connectivity index (χ1n) is 15.9. The predicted molar refractivity (Wildman–Crippen MR) is 161 cm³/mol. The van der Waals surface area contributed by atoms with E-state index in [4.69, 9.17) is 0 Å². The lowest BCUT2D eigenvalue weighted by atomic mass is 9.32. The monoisotopic (exact) mass is 528 g/mol. The molecule has 0 radical (unpaired) electrons. The molecular weight excluding hydrogens is 476 g/mol. The summed E-state index contributed by atoms with van der Waals surface area (Å²) in [7, 11) is 0. The number of carbonyl (C=O) groups excluding carboxylic acids is 1. The Balaban J connectivity index is 1.39. The molecule has 9 atom stereocenters. The highest BCUT2D eigenvalue weighted by Crippen LogP contribution is 2.77. The zero-order valence-electron chi connectivity index (χ0n) is 25.7. The molecule has 2 heteroatoms. The number of aromatic hydroxyl groups is 1. The van der Waals surface area contributed by atoms with Gasteiger partial charge in [0, 0.05) is 5.41 Å². The van der Waals surface area contributed by atoms with E-state index in [1.165, 1.54) is 48.8 Å². The fourth-order valence-corrected chi connectivity index (χ4v) is 12.5. The molecule has 5 aliphatic carbocycles. The number of Topliss-reactive ketones (excluding diaryl/α,β-unsaturated/α-hetero) is 1. The Kier molecular flexibility index (Phi) is 6.02. The van der Waals surface area contributed by atoms with Crippen molar-refractivity contribution >= 4 is 11.4 Å². The van der Waals surface area contributed by atoms with E-state index in [9.17, 15) is 9.90 Å². The van der Waals surface area contributed by atoms with Gasteiger partial charge in [-0.3, -0.25) is 4.79 Å². The summed E-state index contributed by atoms with van der Waals surface area (Å²) in [4.78, 5) is 13.3. The largest absolute Gasteiger partial charge is 0.508 e. The van der Waals surface area contributed by atoms with E-state index in [1.54, 1.807) is 0 Å². The van der Waals surface area contributed by atoms with E-state index in [2.05, 4.69) is 66.3 Å². The number of phenolic OH excluding ortho intramolecular Hbond substituents is 1. The van der Waals surface area contributed by atoms with Gasteiger partial charge in [-0.2, -0.15) is 0 Å². The molecule has 0 heterocycles. The van der Waals surface area contributed by atoms with Crippen LogP contribution in [0.3, 0.4) is 0 Å². The first-order valence-corrected chi connectivity index (χ1v) is 15.9. The van der Waals surface area contributed by atoms with Crippen molar-refractivity contribution in [1.29, 1.82) is 0 Å². The number of ketones is 1. The van der Waals surface area contributed by atoms with Crippen molar-refractivity contribution in [3.05, 3.63) is 48.1 Å². The molecule has 4 saturated carbocycles. The second-order valence-electron chi connectivity index (χ2n) is 16.0. The lowest BCUT2D eigenvalue weighted by Crippen LogP contribution is -2.65. The highest BCUT2D eigenvalue weighted by molar-refractivity contribution is 5.83. The van der Waals surface area contributed by atoms with Crippen molar-refractivity contribution in [3.63, 3.8) is 0 Å². The molecule has 0 saturated heterocycles. The number of carbonyl (C=O) groups is 1. The molecule has 0 amide bonds. The van der Waals surface area contributed by atoms with E-state index < -0.39 is 0 Å². The molecule has 0 aliphatic heterocycles. The second kappa shape index (κ2) is 8.59. The number of fused-ring (bicyclic) bond motifs is 7. The average molecular weight is 529 g/mol. The molecule has 5 aliphatic rings. The van der Waals surface area contributed by atoms with Crippen LogP contribution in [0, 0.1) is 56.7 Å². The standard InChI is InChI=1S/C37H52O2/c1-23(2)27-15-20-37(24(3)38)22-21-35(7)29(32(27)37)13-14-31-34(6)18-16-28(25-9-11-26(39)12-10-25)33(4,5)30(34)17-19-36(31,35)8/h9-12,16,27,29-32,39H,1,13-15,17-22H2,2-8H3/t27-,29+,30-,31+,32+,34-,35+,36+,37+/m0/s1. The molecule has 2 nitrogen and oxygen atoms in total. The first kappa shape index (κ1) is 27.3. The lowest BCUT2D eigenvalue weighted by molar-refractivity contribution is -0.224. The van der Waals surface area contributed by atoms with E-state index >= 15 is 0 Å². The number of benzene rings is 1. The Morgan fingerprint density at radius 1 is 0.846 bits per heavy atom. The van der Waals surface area contributed by atoms with Crippen LogP contribution in [0.4, 0.5) is 0 Å². The van der Waals surface area contributed by atoms with Crippen molar-refractivity contribution in [2.45, 2.75) is 106 Å². The van der Waals surface area contributed by atoms with Gasteiger partial charge in [0.05, 0.1) is 0 Å². The van der Waals surface area contributed by atoms with Crippen LogP contribution in [0.2, 0.25) is 0 Å². The van der Waals surface area contributed by atoms with Crippen LogP contribution in [-0.4, -0.2) is 10.9 Å². The third-order valence-electron chi connectivity index (χ3n) is 14.5. The van der Waals surface area contributed by atoms with Crippen molar-refractivity contribution < 1.29 is 9.90 Å². The van der Waals surface area contributed by atoms with Crippen LogP contribution in [-0.2, 0) is 4.79 Å². The van der Waals surface area contributed by atoms with Crippen LogP contribution in [0.25, 0.3) is 5.57 Å². The van der Waals surface area contributed by atoms with Crippen LogP contribution >= 0.6 is 0 Å². The minimum Gasteiger partial charge on any atom is -0.508 e. The minimum absolute atomic E-state index is 0.0932. The van der Waals surface area contributed by atoms with Gasteiger partial charge in [0.2, 0.25) is 0 Å². The zero-order valence-corrected chi connectivity index (χ0v) is 25.7. The van der Waals surface area contributed by atoms with E-state index in [-0.39, 0.29) is 21.7 Å². The zero-order chi connectivity index (χ0) is 28.2. The molecule has 0 spiro atoms. The molecule has 212 valence electrons. The van der Waals surface area contributed by atoms with Crippen LogP contribution in [0.5, 0.6) is 5.75 Å². The van der Waals surface area contributed by atoms with Gasteiger partial charge < -0.3 is 5.11 Å². The molecule has 39 heavy (non-hydrogen) atoms. The van der Waals surface area contributed by atoms with Crippen molar-refractivity contribution in [3.8, 4) is 5.75 Å². The molecule has 0 unspecified atom stereocenters. The Labute approximate surface area is 237 Å². The molecule has 1 N–H and O–H groups in total. The first-order chi connectivity index (χ1) is 18.2. The second-order valence-corrected chi connectivity index (χ2v) is 16.0. The van der Waals surface area contributed by atoms with E-state index in [0.29, 0.717) is 46.5 Å². The Bertz CT molecular complexity index is 1220. The molecular formula is C37H52O2. The Morgan fingerprint density at radius 2 is 1.54 bits per heavy atom. The van der Waals surface area contributed by atoms with Gasteiger partial charge in [-0.05, 0) is 146 Å². The third kappa shape index (κ3) is 3.42. The van der Waals surface area contributed by atoms with Gasteiger partial charge >= 0.3 is 0 Å². The molecule has 4 fully saturated rings.